The highest BCUT2D eigenvalue weighted by Crippen LogP contribution is 2.31. The molecule has 1 aliphatic heterocycles. The van der Waals surface area contributed by atoms with Crippen molar-refractivity contribution in [2.45, 2.75) is 18.9 Å². The maximum absolute atomic E-state index is 12.1. The Balaban J connectivity index is 1.51. The Labute approximate surface area is 128 Å². The average molecular weight is 303 g/mol. The van der Waals surface area contributed by atoms with Crippen molar-refractivity contribution in [3.63, 3.8) is 0 Å². The van der Waals surface area contributed by atoms with Gasteiger partial charge in [0.1, 0.15) is 5.75 Å². The normalized spacial score (nSPS) is 16.1. The summed E-state index contributed by atoms with van der Waals surface area (Å²) in [5.74, 6) is 0.641. The lowest BCUT2D eigenvalue weighted by Crippen LogP contribution is -2.38. The van der Waals surface area contributed by atoms with Gasteiger partial charge in [-0.1, -0.05) is 17.7 Å². The number of hydrogen-bond acceptors (Lipinski definition) is 3. The summed E-state index contributed by atoms with van der Waals surface area (Å²) in [7, 11) is 0. The van der Waals surface area contributed by atoms with Crippen LogP contribution in [0.15, 0.2) is 42.6 Å². The van der Waals surface area contributed by atoms with Crippen LogP contribution in [0.25, 0.3) is 0 Å². The lowest BCUT2D eigenvalue weighted by Gasteiger charge is -2.11. The smallest absolute Gasteiger partial charge is 0.261 e. The van der Waals surface area contributed by atoms with Crippen LogP contribution in [-0.4, -0.2) is 23.5 Å². The molecule has 1 amide bonds. The molecule has 0 bridgehead atoms. The zero-order valence-corrected chi connectivity index (χ0v) is 12.1. The van der Waals surface area contributed by atoms with Crippen molar-refractivity contribution in [2.75, 3.05) is 6.54 Å². The van der Waals surface area contributed by atoms with Crippen LogP contribution in [0.3, 0.4) is 0 Å². The molecule has 0 unspecified atom stereocenters. The highest BCUT2D eigenvalue weighted by atomic mass is 35.5. The van der Waals surface area contributed by atoms with Gasteiger partial charge in [-0.3, -0.25) is 9.78 Å². The number of halogens is 1. The van der Waals surface area contributed by atoms with Gasteiger partial charge in [-0.25, -0.2) is 0 Å². The Morgan fingerprint density at radius 2 is 2.29 bits per heavy atom. The van der Waals surface area contributed by atoms with E-state index in [2.05, 4.69) is 10.3 Å². The third-order valence-electron chi connectivity index (χ3n) is 3.40. The molecule has 1 atom stereocenters. The Kier molecular flexibility index (Phi) is 4.06. The zero-order chi connectivity index (χ0) is 14.7. The fraction of sp³-hybridized carbons (Fsp3) is 0.250. The zero-order valence-electron chi connectivity index (χ0n) is 11.4. The molecule has 1 aromatic carbocycles. The molecule has 0 spiro atoms. The fourth-order valence-electron chi connectivity index (χ4n) is 2.34. The quantitative estimate of drug-likeness (QED) is 0.943. The molecule has 0 saturated heterocycles. The van der Waals surface area contributed by atoms with E-state index < -0.39 is 6.10 Å². The minimum Gasteiger partial charge on any atom is -0.480 e. The predicted octanol–water partition coefficient (Wildman–Crippen LogP) is 2.40. The second-order valence-electron chi connectivity index (χ2n) is 4.92. The number of nitrogens with one attached hydrogen (secondary N) is 1. The van der Waals surface area contributed by atoms with Crippen molar-refractivity contribution in [1.29, 1.82) is 0 Å². The first kappa shape index (κ1) is 13.9. The molecular formula is C16H15ClN2O2. The molecule has 0 fully saturated rings. The maximum Gasteiger partial charge on any atom is 0.261 e. The number of pyridine rings is 1. The highest BCUT2D eigenvalue weighted by molar-refractivity contribution is 6.30. The second kappa shape index (κ2) is 6.14. The summed E-state index contributed by atoms with van der Waals surface area (Å²) in [5.41, 5.74) is 1.94. The van der Waals surface area contributed by atoms with E-state index in [4.69, 9.17) is 16.3 Å². The first-order valence-electron chi connectivity index (χ1n) is 6.85. The third kappa shape index (κ3) is 3.34. The van der Waals surface area contributed by atoms with Gasteiger partial charge in [0, 0.05) is 36.3 Å². The predicted molar refractivity (Wildman–Crippen MR) is 80.5 cm³/mol. The SMILES string of the molecule is O=C(NCCc1ccccn1)[C@@H]1Cc2cc(Cl)ccc2O1. The topological polar surface area (TPSA) is 51.2 Å². The van der Waals surface area contributed by atoms with E-state index in [9.17, 15) is 4.79 Å². The van der Waals surface area contributed by atoms with Gasteiger partial charge >= 0.3 is 0 Å². The number of aromatic nitrogens is 1. The summed E-state index contributed by atoms with van der Waals surface area (Å²) in [6, 6.07) is 11.2. The molecule has 21 heavy (non-hydrogen) atoms. The van der Waals surface area contributed by atoms with Crippen molar-refractivity contribution in [2.24, 2.45) is 0 Å². The fourth-order valence-corrected chi connectivity index (χ4v) is 2.53. The van der Waals surface area contributed by atoms with Gasteiger partial charge in [-0.05, 0) is 35.9 Å². The van der Waals surface area contributed by atoms with Crippen molar-refractivity contribution < 1.29 is 9.53 Å². The summed E-state index contributed by atoms with van der Waals surface area (Å²) < 4.78 is 5.64. The van der Waals surface area contributed by atoms with Gasteiger partial charge in [0.05, 0.1) is 0 Å². The van der Waals surface area contributed by atoms with Crippen LogP contribution in [0.2, 0.25) is 5.02 Å². The van der Waals surface area contributed by atoms with Crippen LogP contribution in [0, 0.1) is 0 Å². The monoisotopic (exact) mass is 302 g/mol. The molecule has 0 aliphatic carbocycles. The van der Waals surface area contributed by atoms with E-state index in [1.165, 1.54) is 0 Å². The van der Waals surface area contributed by atoms with Gasteiger partial charge < -0.3 is 10.1 Å². The standard InChI is InChI=1S/C16H15ClN2O2/c17-12-4-5-14-11(9-12)10-15(21-14)16(20)19-8-6-13-3-1-2-7-18-13/h1-5,7,9,15H,6,8,10H2,(H,19,20)/t15-/m0/s1. The van der Waals surface area contributed by atoms with Crippen LogP contribution in [0.4, 0.5) is 0 Å². The molecule has 2 aromatic rings. The van der Waals surface area contributed by atoms with E-state index in [0.717, 1.165) is 17.0 Å². The summed E-state index contributed by atoms with van der Waals surface area (Å²) in [6.45, 7) is 0.548. The Bertz CT molecular complexity index is 646. The highest BCUT2D eigenvalue weighted by Gasteiger charge is 2.28. The summed E-state index contributed by atoms with van der Waals surface area (Å²) in [4.78, 5) is 16.3. The molecular weight excluding hydrogens is 288 g/mol. The Morgan fingerprint density at radius 1 is 1.38 bits per heavy atom. The molecule has 1 aromatic heterocycles. The summed E-state index contributed by atoms with van der Waals surface area (Å²) in [5, 5.41) is 3.55. The molecule has 0 radical (unpaired) electrons. The number of rotatable bonds is 4. The molecule has 5 heteroatoms. The average Bonchev–Trinajstić information content (AvgIpc) is 2.91. The van der Waals surface area contributed by atoms with Crippen LogP contribution >= 0.6 is 11.6 Å². The van der Waals surface area contributed by atoms with Crippen LogP contribution in [0.1, 0.15) is 11.3 Å². The van der Waals surface area contributed by atoms with Crippen molar-refractivity contribution >= 4 is 17.5 Å². The lowest BCUT2D eigenvalue weighted by atomic mass is 10.1. The van der Waals surface area contributed by atoms with Gasteiger partial charge in [0.25, 0.3) is 5.91 Å². The summed E-state index contributed by atoms with van der Waals surface area (Å²) in [6.07, 6.45) is 2.54. The van der Waals surface area contributed by atoms with E-state index in [0.29, 0.717) is 24.4 Å². The number of benzene rings is 1. The van der Waals surface area contributed by atoms with Crippen LogP contribution in [-0.2, 0) is 17.6 Å². The largest absolute Gasteiger partial charge is 0.480 e. The first-order valence-corrected chi connectivity index (χ1v) is 7.23. The molecule has 3 rings (SSSR count). The molecule has 108 valence electrons. The van der Waals surface area contributed by atoms with Crippen molar-refractivity contribution in [3.05, 3.63) is 58.9 Å². The number of hydrogen-bond donors (Lipinski definition) is 1. The van der Waals surface area contributed by atoms with E-state index >= 15 is 0 Å². The van der Waals surface area contributed by atoms with E-state index in [-0.39, 0.29) is 5.91 Å². The number of ether oxygens (including phenoxy) is 1. The van der Waals surface area contributed by atoms with Crippen molar-refractivity contribution in [3.8, 4) is 5.75 Å². The lowest BCUT2D eigenvalue weighted by molar-refractivity contribution is -0.127. The number of fused-ring (bicyclic) bond motifs is 1. The Hall–Kier alpha value is -2.07. The van der Waals surface area contributed by atoms with Gasteiger partial charge in [0.15, 0.2) is 6.10 Å². The molecule has 4 nitrogen and oxygen atoms in total. The van der Waals surface area contributed by atoms with E-state index in [1.54, 1.807) is 18.3 Å². The number of carbonyl (C=O) groups is 1. The van der Waals surface area contributed by atoms with Gasteiger partial charge in [-0.15, -0.1) is 0 Å². The van der Waals surface area contributed by atoms with Gasteiger partial charge in [-0.2, -0.15) is 0 Å². The minimum atomic E-state index is -0.470. The second-order valence-corrected chi connectivity index (χ2v) is 5.36. The summed E-state index contributed by atoms with van der Waals surface area (Å²) >= 11 is 5.94. The maximum atomic E-state index is 12.1. The van der Waals surface area contributed by atoms with Crippen molar-refractivity contribution in [1.82, 2.24) is 10.3 Å². The van der Waals surface area contributed by atoms with E-state index in [1.807, 2.05) is 24.3 Å². The molecule has 0 saturated carbocycles. The number of nitrogens with zero attached hydrogens (tertiary/aromatic N) is 1. The number of carbonyl (C=O) groups excluding carboxylic acids is 1. The third-order valence-corrected chi connectivity index (χ3v) is 3.63. The molecule has 2 heterocycles. The first-order chi connectivity index (χ1) is 10.2. The Morgan fingerprint density at radius 3 is 3.10 bits per heavy atom. The molecule has 1 N–H and O–H groups in total. The number of amides is 1. The minimum absolute atomic E-state index is 0.0988. The van der Waals surface area contributed by atoms with Crippen LogP contribution < -0.4 is 10.1 Å². The molecule has 1 aliphatic rings. The van der Waals surface area contributed by atoms with Crippen LogP contribution in [0.5, 0.6) is 5.75 Å². The van der Waals surface area contributed by atoms with Gasteiger partial charge in [0.2, 0.25) is 0 Å².